The predicted molar refractivity (Wildman–Crippen MR) is 256 cm³/mol. The lowest BCUT2D eigenvalue weighted by molar-refractivity contribution is -0.167. The molecule has 0 saturated carbocycles. The van der Waals surface area contributed by atoms with E-state index < -0.39 is 6.10 Å². The van der Waals surface area contributed by atoms with Gasteiger partial charge in [0, 0.05) is 19.3 Å². The van der Waals surface area contributed by atoms with Gasteiger partial charge in [0.25, 0.3) is 0 Å². The summed E-state index contributed by atoms with van der Waals surface area (Å²) in [4.78, 5) is 37.9. The molecule has 0 spiro atoms. The highest BCUT2D eigenvalue weighted by molar-refractivity contribution is 5.71. The molecule has 0 aromatic rings. The molecular weight excluding hydrogens is 745 g/mol. The van der Waals surface area contributed by atoms with Crippen molar-refractivity contribution in [2.75, 3.05) is 13.2 Å². The summed E-state index contributed by atoms with van der Waals surface area (Å²) in [6.07, 6.45) is 56.9. The molecule has 1 unspecified atom stereocenters. The summed E-state index contributed by atoms with van der Waals surface area (Å²) in [5.74, 6) is -0.883. The fourth-order valence-corrected chi connectivity index (χ4v) is 7.41. The zero-order chi connectivity index (χ0) is 43.7. The third-order valence-corrected chi connectivity index (χ3v) is 11.4. The Morgan fingerprint density at radius 1 is 0.333 bits per heavy atom. The van der Waals surface area contributed by atoms with Gasteiger partial charge in [0.15, 0.2) is 6.10 Å². The van der Waals surface area contributed by atoms with E-state index in [1.807, 2.05) is 0 Å². The molecule has 0 aliphatic carbocycles. The zero-order valence-corrected chi connectivity index (χ0v) is 40.0. The van der Waals surface area contributed by atoms with Crippen LogP contribution < -0.4 is 0 Å². The first-order valence-corrected chi connectivity index (χ1v) is 26.0. The van der Waals surface area contributed by atoms with Crippen molar-refractivity contribution in [2.45, 2.75) is 277 Å². The second kappa shape index (κ2) is 49.3. The van der Waals surface area contributed by atoms with Gasteiger partial charge in [-0.2, -0.15) is 0 Å². The molecule has 0 N–H and O–H groups in total. The monoisotopic (exact) mass is 843 g/mol. The number of carbonyl (C=O) groups excluding carboxylic acids is 3. The van der Waals surface area contributed by atoms with Crippen molar-refractivity contribution in [1.82, 2.24) is 0 Å². The van der Waals surface area contributed by atoms with Gasteiger partial charge in [0.1, 0.15) is 13.2 Å². The second-order valence-electron chi connectivity index (χ2n) is 17.4. The minimum atomic E-state index is -0.775. The van der Waals surface area contributed by atoms with Crippen LogP contribution in [0.15, 0.2) is 36.5 Å². The van der Waals surface area contributed by atoms with Gasteiger partial charge in [-0.05, 0) is 77.0 Å². The van der Waals surface area contributed by atoms with E-state index in [-0.39, 0.29) is 31.1 Å². The molecule has 0 aliphatic rings. The van der Waals surface area contributed by atoms with E-state index in [4.69, 9.17) is 14.2 Å². The van der Waals surface area contributed by atoms with Crippen molar-refractivity contribution in [2.24, 2.45) is 0 Å². The Balaban J connectivity index is 4.36. The minimum Gasteiger partial charge on any atom is -0.462 e. The minimum absolute atomic E-state index is 0.0752. The quantitative estimate of drug-likeness (QED) is 0.0263. The number of allylic oxidation sites excluding steroid dienone is 6. The molecule has 0 bridgehead atoms. The smallest absolute Gasteiger partial charge is 0.306 e. The summed E-state index contributed by atoms with van der Waals surface area (Å²) in [6, 6.07) is 0. The Hall–Kier alpha value is -2.37. The number of hydrogen-bond acceptors (Lipinski definition) is 6. The van der Waals surface area contributed by atoms with Crippen molar-refractivity contribution in [3.8, 4) is 0 Å². The Morgan fingerprint density at radius 3 is 0.983 bits per heavy atom. The van der Waals surface area contributed by atoms with E-state index in [9.17, 15) is 14.4 Å². The summed E-state index contributed by atoms with van der Waals surface area (Å²) < 4.78 is 16.8. The maximum atomic E-state index is 12.8. The lowest BCUT2D eigenvalue weighted by Gasteiger charge is -2.18. The van der Waals surface area contributed by atoms with Crippen molar-refractivity contribution < 1.29 is 28.6 Å². The van der Waals surface area contributed by atoms with Gasteiger partial charge < -0.3 is 14.2 Å². The van der Waals surface area contributed by atoms with E-state index in [1.165, 1.54) is 154 Å². The van der Waals surface area contributed by atoms with Crippen molar-refractivity contribution in [3.05, 3.63) is 36.5 Å². The lowest BCUT2D eigenvalue weighted by Crippen LogP contribution is -2.30. The number of esters is 3. The molecule has 0 aromatic heterocycles. The van der Waals surface area contributed by atoms with Gasteiger partial charge in [-0.1, -0.05) is 211 Å². The summed E-state index contributed by atoms with van der Waals surface area (Å²) in [7, 11) is 0. The summed E-state index contributed by atoms with van der Waals surface area (Å²) in [5, 5.41) is 0. The third-order valence-electron chi connectivity index (χ3n) is 11.4. The van der Waals surface area contributed by atoms with Gasteiger partial charge >= 0.3 is 17.9 Å². The standard InChI is InChI=1S/C54H98O6/c1-4-7-10-13-16-19-22-25-26-27-28-30-32-35-38-41-44-47-53(56)59-50-51(49-58-52(55)46-43-40-37-34-31-24-21-18-15-12-9-6-3)60-54(57)48-45-42-39-36-33-29-23-20-17-14-11-8-5-2/h16,19-20,23,25-26,51H,4-15,17-18,21-22,24,27-50H2,1-3H3/b19-16-,23-20-,26-25-. The number of ether oxygens (including phenoxy) is 3. The fraction of sp³-hybridized carbons (Fsp3) is 0.833. The van der Waals surface area contributed by atoms with Crippen LogP contribution in [0.1, 0.15) is 271 Å². The van der Waals surface area contributed by atoms with Crippen LogP contribution >= 0.6 is 0 Å². The molecule has 0 saturated heterocycles. The van der Waals surface area contributed by atoms with E-state index in [0.717, 1.165) is 77.0 Å². The first-order valence-electron chi connectivity index (χ1n) is 26.0. The third kappa shape index (κ3) is 46.7. The van der Waals surface area contributed by atoms with Crippen LogP contribution in [0.4, 0.5) is 0 Å². The molecule has 0 radical (unpaired) electrons. The molecule has 0 fully saturated rings. The van der Waals surface area contributed by atoms with Crippen LogP contribution in [0.5, 0.6) is 0 Å². The lowest BCUT2D eigenvalue weighted by atomic mass is 10.0. The van der Waals surface area contributed by atoms with E-state index in [0.29, 0.717) is 19.3 Å². The predicted octanol–water partition coefficient (Wildman–Crippen LogP) is 16.9. The van der Waals surface area contributed by atoms with Crippen molar-refractivity contribution in [1.29, 1.82) is 0 Å². The highest BCUT2D eigenvalue weighted by Crippen LogP contribution is 2.15. The molecule has 6 heteroatoms. The highest BCUT2D eigenvalue weighted by Gasteiger charge is 2.19. The molecular formula is C54H98O6. The first kappa shape index (κ1) is 57.6. The summed E-state index contributed by atoms with van der Waals surface area (Å²) >= 11 is 0. The van der Waals surface area contributed by atoms with Crippen LogP contribution in [0, 0.1) is 0 Å². The molecule has 0 heterocycles. The summed E-state index contributed by atoms with van der Waals surface area (Å²) in [6.45, 7) is 6.60. The van der Waals surface area contributed by atoms with Crippen LogP contribution in [-0.4, -0.2) is 37.2 Å². The molecule has 60 heavy (non-hydrogen) atoms. The van der Waals surface area contributed by atoms with Crippen LogP contribution in [0.2, 0.25) is 0 Å². The molecule has 0 amide bonds. The molecule has 6 nitrogen and oxygen atoms in total. The number of hydrogen-bond donors (Lipinski definition) is 0. The molecule has 350 valence electrons. The molecule has 0 aromatic carbocycles. The first-order chi connectivity index (χ1) is 29.5. The average molecular weight is 843 g/mol. The molecule has 1 atom stereocenters. The van der Waals surface area contributed by atoms with Crippen LogP contribution in [0.3, 0.4) is 0 Å². The topological polar surface area (TPSA) is 78.9 Å². The molecule has 0 rings (SSSR count). The van der Waals surface area contributed by atoms with E-state index >= 15 is 0 Å². The van der Waals surface area contributed by atoms with Gasteiger partial charge in [-0.3, -0.25) is 14.4 Å². The Morgan fingerprint density at radius 2 is 0.600 bits per heavy atom. The average Bonchev–Trinajstić information content (AvgIpc) is 3.24. The van der Waals surface area contributed by atoms with Gasteiger partial charge in [0.05, 0.1) is 0 Å². The van der Waals surface area contributed by atoms with Crippen molar-refractivity contribution in [3.63, 3.8) is 0 Å². The Kier molecular flexibility index (Phi) is 47.3. The van der Waals surface area contributed by atoms with Gasteiger partial charge in [-0.15, -0.1) is 0 Å². The highest BCUT2D eigenvalue weighted by atomic mass is 16.6. The zero-order valence-electron chi connectivity index (χ0n) is 40.0. The van der Waals surface area contributed by atoms with E-state index in [1.54, 1.807) is 0 Å². The fourth-order valence-electron chi connectivity index (χ4n) is 7.41. The Labute approximate surface area is 372 Å². The van der Waals surface area contributed by atoms with Crippen LogP contribution in [-0.2, 0) is 28.6 Å². The van der Waals surface area contributed by atoms with Gasteiger partial charge in [0.2, 0.25) is 0 Å². The second-order valence-corrected chi connectivity index (χ2v) is 17.4. The largest absolute Gasteiger partial charge is 0.462 e. The number of rotatable bonds is 47. The number of carbonyl (C=O) groups is 3. The SMILES string of the molecule is CCCCC/C=C\C/C=C\CCCCCCCCCC(=O)OCC(COC(=O)CCCCCCCCCCCCCC)OC(=O)CCCCCCC/C=C\CCCCCC. The van der Waals surface area contributed by atoms with E-state index in [2.05, 4.69) is 57.2 Å². The van der Waals surface area contributed by atoms with Crippen LogP contribution in [0.25, 0.3) is 0 Å². The molecule has 0 aliphatic heterocycles. The van der Waals surface area contributed by atoms with Crippen molar-refractivity contribution >= 4 is 17.9 Å². The maximum Gasteiger partial charge on any atom is 0.306 e. The number of unbranched alkanes of at least 4 members (excludes halogenated alkanes) is 30. The van der Waals surface area contributed by atoms with Gasteiger partial charge in [-0.25, -0.2) is 0 Å². The summed E-state index contributed by atoms with van der Waals surface area (Å²) in [5.41, 5.74) is 0. The maximum absolute atomic E-state index is 12.8. The Bertz CT molecular complexity index is 1020. The normalized spacial score (nSPS) is 12.2.